The van der Waals surface area contributed by atoms with Gasteiger partial charge in [-0.1, -0.05) is 12.1 Å². The Balaban J connectivity index is 1.75. The normalized spacial score (nSPS) is 10.2. The van der Waals surface area contributed by atoms with Gasteiger partial charge in [0.1, 0.15) is 4.88 Å². The number of carbonyl (C=O) groups excluding carboxylic acids is 2. The Bertz CT molecular complexity index is 677. The summed E-state index contributed by atoms with van der Waals surface area (Å²) in [7, 11) is 3.94. The molecule has 0 aliphatic heterocycles. The third kappa shape index (κ3) is 5.10. The van der Waals surface area contributed by atoms with Gasteiger partial charge in [-0.3, -0.25) is 4.79 Å². The van der Waals surface area contributed by atoms with Crippen molar-refractivity contribution in [2.24, 2.45) is 0 Å². The van der Waals surface area contributed by atoms with Crippen LogP contribution in [-0.4, -0.2) is 32.6 Å². The maximum absolute atomic E-state index is 11.7. The number of esters is 1. The molecule has 2 aromatic rings. The van der Waals surface area contributed by atoms with E-state index in [2.05, 4.69) is 5.32 Å². The van der Waals surface area contributed by atoms with Crippen molar-refractivity contribution in [3.05, 3.63) is 51.7 Å². The van der Waals surface area contributed by atoms with Crippen LogP contribution in [0, 0.1) is 6.92 Å². The predicted molar refractivity (Wildman–Crippen MR) is 92.0 cm³/mol. The minimum Gasteiger partial charge on any atom is -0.451 e. The Hall–Kier alpha value is -2.34. The van der Waals surface area contributed by atoms with Crippen molar-refractivity contribution < 1.29 is 14.3 Å². The van der Waals surface area contributed by atoms with E-state index in [9.17, 15) is 9.59 Å². The number of benzene rings is 1. The van der Waals surface area contributed by atoms with Crippen molar-refractivity contribution in [3.63, 3.8) is 0 Å². The summed E-state index contributed by atoms with van der Waals surface area (Å²) in [5, 5.41) is 2.73. The van der Waals surface area contributed by atoms with Crippen LogP contribution in [0.5, 0.6) is 0 Å². The Kier molecular flexibility index (Phi) is 5.76. The number of rotatable bonds is 6. The number of thiophene rings is 1. The molecule has 0 spiro atoms. The van der Waals surface area contributed by atoms with Gasteiger partial charge in [0.15, 0.2) is 6.61 Å². The zero-order valence-corrected chi connectivity index (χ0v) is 14.3. The van der Waals surface area contributed by atoms with Crippen LogP contribution in [-0.2, 0) is 16.1 Å². The molecule has 0 aliphatic rings. The maximum Gasteiger partial charge on any atom is 0.348 e. The third-order valence-electron chi connectivity index (χ3n) is 3.22. The van der Waals surface area contributed by atoms with Crippen molar-refractivity contribution >= 4 is 28.9 Å². The van der Waals surface area contributed by atoms with Crippen LogP contribution in [0.4, 0.5) is 5.69 Å². The van der Waals surface area contributed by atoms with Gasteiger partial charge in [0.05, 0.1) is 0 Å². The fraction of sp³-hybridized carbons (Fsp3) is 0.294. The van der Waals surface area contributed by atoms with E-state index >= 15 is 0 Å². The lowest BCUT2D eigenvalue weighted by Gasteiger charge is -2.13. The molecular formula is C17H20N2O3S. The van der Waals surface area contributed by atoms with Gasteiger partial charge in [-0.15, -0.1) is 11.3 Å². The van der Waals surface area contributed by atoms with Crippen LogP contribution in [0.15, 0.2) is 36.4 Å². The average molecular weight is 332 g/mol. The lowest BCUT2D eigenvalue weighted by molar-refractivity contribution is -0.124. The minimum absolute atomic E-state index is 0.272. The fourth-order valence-electron chi connectivity index (χ4n) is 1.91. The molecule has 0 saturated carbocycles. The molecule has 2 rings (SSSR count). The second kappa shape index (κ2) is 7.78. The summed E-state index contributed by atoms with van der Waals surface area (Å²) in [6, 6.07) is 11.4. The summed E-state index contributed by atoms with van der Waals surface area (Å²) < 4.78 is 4.99. The molecule has 122 valence electrons. The topological polar surface area (TPSA) is 58.6 Å². The molecular weight excluding hydrogens is 312 g/mol. The van der Waals surface area contributed by atoms with Crippen molar-refractivity contribution in [1.29, 1.82) is 0 Å². The van der Waals surface area contributed by atoms with E-state index in [0.717, 1.165) is 16.1 Å². The second-order valence-corrected chi connectivity index (χ2v) is 6.61. The highest BCUT2D eigenvalue weighted by Crippen LogP contribution is 2.16. The molecule has 0 unspecified atom stereocenters. The van der Waals surface area contributed by atoms with Crippen LogP contribution in [0.2, 0.25) is 0 Å². The lowest BCUT2D eigenvalue weighted by Crippen LogP contribution is -2.28. The average Bonchev–Trinajstić information content (AvgIpc) is 2.97. The van der Waals surface area contributed by atoms with Crippen molar-refractivity contribution in [3.8, 4) is 0 Å². The van der Waals surface area contributed by atoms with Gasteiger partial charge in [0.25, 0.3) is 5.91 Å². The highest BCUT2D eigenvalue weighted by Gasteiger charge is 2.11. The number of nitrogens with one attached hydrogen (secondary N) is 1. The number of amides is 1. The van der Waals surface area contributed by atoms with E-state index in [0.29, 0.717) is 11.4 Å². The Morgan fingerprint density at radius 1 is 1.13 bits per heavy atom. The summed E-state index contributed by atoms with van der Waals surface area (Å²) in [5.41, 5.74) is 2.09. The summed E-state index contributed by atoms with van der Waals surface area (Å²) in [5.74, 6) is -0.781. The number of nitrogens with zero attached hydrogens (tertiary/aromatic N) is 1. The molecule has 5 nitrogen and oxygen atoms in total. The van der Waals surface area contributed by atoms with Crippen molar-refractivity contribution in [2.75, 3.05) is 25.6 Å². The third-order valence-corrected chi connectivity index (χ3v) is 4.20. The Morgan fingerprint density at radius 3 is 2.39 bits per heavy atom. The first-order valence-electron chi connectivity index (χ1n) is 7.22. The van der Waals surface area contributed by atoms with E-state index in [-0.39, 0.29) is 12.5 Å². The van der Waals surface area contributed by atoms with Gasteiger partial charge in [0.2, 0.25) is 0 Å². The first-order chi connectivity index (χ1) is 11.0. The first kappa shape index (κ1) is 17.0. The zero-order valence-electron chi connectivity index (χ0n) is 13.5. The highest BCUT2D eigenvalue weighted by molar-refractivity contribution is 7.13. The van der Waals surface area contributed by atoms with Gasteiger partial charge in [-0.05, 0) is 36.8 Å². The molecule has 6 heteroatoms. The van der Waals surface area contributed by atoms with E-state index in [4.69, 9.17) is 4.74 Å². The number of aryl methyl sites for hydroxylation is 1. The van der Waals surface area contributed by atoms with Crippen LogP contribution in [0.25, 0.3) is 0 Å². The number of hydrogen-bond donors (Lipinski definition) is 1. The van der Waals surface area contributed by atoms with Gasteiger partial charge in [-0.25, -0.2) is 4.79 Å². The summed E-state index contributed by atoms with van der Waals surface area (Å²) in [6.07, 6.45) is 0. The number of carbonyl (C=O) groups is 2. The van der Waals surface area contributed by atoms with Crippen LogP contribution < -0.4 is 10.2 Å². The molecule has 1 aromatic heterocycles. The number of ether oxygens (including phenoxy) is 1. The molecule has 0 radical (unpaired) electrons. The van der Waals surface area contributed by atoms with E-state index in [1.54, 1.807) is 6.07 Å². The molecule has 0 aliphatic carbocycles. The smallest absolute Gasteiger partial charge is 0.348 e. The summed E-state index contributed by atoms with van der Waals surface area (Å²) >= 11 is 1.35. The second-order valence-electron chi connectivity index (χ2n) is 5.32. The largest absolute Gasteiger partial charge is 0.451 e. The molecule has 23 heavy (non-hydrogen) atoms. The fourth-order valence-corrected chi connectivity index (χ4v) is 2.67. The van der Waals surface area contributed by atoms with Crippen LogP contribution in [0.3, 0.4) is 0 Å². The predicted octanol–water partition coefficient (Wildman–Crippen LogP) is 2.60. The molecule has 1 amide bonds. The minimum atomic E-state index is -0.464. The standard InChI is InChI=1S/C17H20N2O3S/c1-12-4-9-15(23-12)17(21)22-11-16(20)18-10-13-5-7-14(8-6-13)19(2)3/h4-9H,10-11H2,1-3H3,(H,18,20). The van der Waals surface area contributed by atoms with Gasteiger partial charge in [0, 0.05) is 31.2 Å². The maximum atomic E-state index is 11.7. The van der Waals surface area contributed by atoms with E-state index in [1.807, 2.05) is 56.3 Å². The summed E-state index contributed by atoms with van der Waals surface area (Å²) in [6.45, 7) is 2.05. The zero-order chi connectivity index (χ0) is 16.8. The van der Waals surface area contributed by atoms with E-state index in [1.165, 1.54) is 11.3 Å². The lowest BCUT2D eigenvalue weighted by atomic mass is 10.2. The highest BCUT2D eigenvalue weighted by atomic mass is 32.1. The monoisotopic (exact) mass is 332 g/mol. The molecule has 1 aromatic carbocycles. The molecule has 0 bridgehead atoms. The van der Waals surface area contributed by atoms with Crippen molar-refractivity contribution in [2.45, 2.75) is 13.5 Å². The van der Waals surface area contributed by atoms with Crippen molar-refractivity contribution in [1.82, 2.24) is 5.32 Å². The quantitative estimate of drug-likeness (QED) is 0.826. The molecule has 1 heterocycles. The molecule has 0 fully saturated rings. The number of hydrogen-bond acceptors (Lipinski definition) is 5. The van der Waals surface area contributed by atoms with Crippen LogP contribution in [0.1, 0.15) is 20.1 Å². The molecule has 0 saturated heterocycles. The Morgan fingerprint density at radius 2 is 1.83 bits per heavy atom. The molecule has 1 N–H and O–H groups in total. The Labute approximate surface area is 139 Å². The van der Waals surface area contributed by atoms with Crippen LogP contribution >= 0.6 is 11.3 Å². The first-order valence-corrected chi connectivity index (χ1v) is 8.04. The van der Waals surface area contributed by atoms with Gasteiger partial charge < -0.3 is 15.0 Å². The molecule has 0 atom stereocenters. The van der Waals surface area contributed by atoms with Gasteiger partial charge >= 0.3 is 5.97 Å². The number of anilines is 1. The SMILES string of the molecule is Cc1ccc(C(=O)OCC(=O)NCc2ccc(N(C)C)cc2)s1. The van der Waals surface area contributed by atoms with Gasteiger partial charge in [-0.2, -0.15) is 0 Å². The summed E-state index contributed by atoms with van der Waals surface area (Å²) in [4.78, 5) is 27.0. The van der Waals surface area contributed by atoms with E-state index < -0.39 is 5.97 Å².